The summed E-state index contributed by atoms with van der Waals surface area (Å²) in [6, 6.07) is 6.62. The van der Waals surface area contributed by atoms with Gasteiger partial charge in [-0.05, 0) is 12.1 Å². The number of benzene rings is 1. The van der Waals surface area contributed by atoms with Crippen molar-refractivity contribution in [2.24, 2.45) is 0 Å². The molecule has 4 N–H and O–H groups in total. The van der Waals surface area contributed by atoms with E-state index < -0.39 is 43.9 Å². The largest absolute Gasteiger partial charge is 0.394 e. The Morgan fingerprint density at radius 3 is 1.75 bits per heavy atom. The fourth-order valence-corrected chi connectivity index (χ4v) is 2.16. The second-order valence-corrected chi connectivity index (χ2v) is 5.02. The van der Waals surface area contributed by atoms with Crippen LogP contribution in [-0.2, 0) is 9.47 Å². The fourth-order valence-electron chi connectivity index (χ4n) is 2.03. The zero-order valence-corrected chi connectivity index (χ0v) is 11.3. The lowest BCUT2D eigenvalue weighted by Crippen LogP contribution is -2.45. The molecule has 0 saturated carbocycles. The van der Waals surface area contributed by atoms with E-state index in [-0.39, 0.29) is 0 Å². The molecule has 20 heavy (non-hydrogen) atoms. The first-order valence-corrected chi connectivity index (χ1v) is 6.59. The smallest absolute Gasteiger partial charge is 0.184 e. The monoisotopic (exact) mass is 304 g/mol. The minimum atomic E-state index is -1.35. The Bertz CT molecular complexity index is 407. The van der Waals surface area contributed by atoms with Gasteiger partial charge in [-0.2, -0.15) is 0 Å². The average Bonchev–Trinajstić information content (AvgIpc) is 2.58. The Balaban J connectivity index is 2.25. The predicted molar refractivity (Wildman–Crippen MR) is 70.1 cm³/mol. The van der Waals surface area contributed by atoms with E-state index >= 15 is 0 Å². The molecule has 0 bridgehead atoms. The van der Waals surface area contributed by atoms with Gasteiger partial charge in [0, 0.05) is 10.6 Å². The number of hydrogen-bond acceptors (Lipinski definition) is 6. The van der Waals surface area contributed by atoms with Crippen LogP contribution in [0, 0.1) is 0 Å². The molecule has 5 atom stereocenters. The zero-order chi connectivity index (χ0) is 14.7. The highest BCUT2D eigenvalue weighted by molar-refractivity contribution is 6.30. The minimum Gasteiger partial charge on any atom is -0.394 e. The first-order valence-electron chi connectivity index (χ1n) is 6.21. The van der Waals surface area contributed by atoms with Crippen molar-refractivity contribution in [1.82, 2.24) is 0 Å². The standard InChI is InChI=1S/C13H17ClO6/c14-8-3-1-7(2-4-8)13-19-9(5-15)11(17)12(18)10(6-16)20-13/h1-4,9-13,15-18H,5-6H2/t9-,10+,11-,12-,13?/m1/s1. The van der Waals surface area contributed by atoms with Crippen LogP contribution in [0.15, 0.2) is 24.3 Å². The van der Waals surface area contributed by atoms with Crippen LogP contribution in [-0.4, -0.2) is 58.1 Å². The molecule has 1 aromatic rings. The lowest BCUT2D eigenvalue weighted by atomic mass is 10.0. The van der Waals surface area contributed by atoms with Crippen LogP contribution < -0.4 is 0 Å². The summed E-state index contributed by atoms with van der Waals surface area (Å²) in [6.45, 7) is -0.965. The average molecular weight is 305 g/mol. The molecule has 7 heteroatoms. The molecule has 1 fully saturated rings. The second-order valence-electron chi connectivity index (χ2n) is 4.58. The first-order chi connectivity index (χ1) is 9.56. The Labute approximate surface area is 121 Å². The molecule has 1 unspecified atom stereocenters. The van der Waals surface area contributed by atoms with Crippen molar-refractivity contribution in [3.63, 3.8) is 0 Å². The van der Waals surface area contributed by atoms with E-state index in [1.54, 1.807) is 24.3 Å². The van der Waals surface area contributed by atoms with E-state index in [4.69, 9.17) is 21.1 Å². The van der Waals surface area contributed by atoms with Gasteiger partial charge in [0.25, 0.3) is 0 Å². The van der Waals surface area contributed by atoms with Crippen LogP contribution in [0.2, 0.25) is 5.02 Å². The molecule has 0 amide bonds. The fraction of sp³-hybridized carbons (Fsp3) is 0.538. The summed E-state index contributed by atoms with van der Waals surface area (Å²) >= 11 is 5.80. The Morgan fingerprint density at radius 1 is 0.900 bits per heavy atom. The van der Waals surface area contributed by atoms with E-state index in [9.17, 15) is 20.4 Å². The van der Waals surface area contributed by atoms with Gasteiger partial charge in [-0.15, -0.1) is 0 Å². The van der Waals surface area contributed by atoms with Crippen LogP contribution in [0.3, 0.4) is 0 Å². The highest BCUT2D eigenvalue weighted by atomic mass is 35.5. The van der Waals surface area contributed by atoms with Gasteiger partial charge in [0.2, 0.25) is 0 Å². The van der Waals surface area contributed by atoms with Gasteiger partial charge >= 0.3 is 0 Å². The van der Waals surface area contributed by atoms with Crippen LogP contribution >= 0.6 is 11.6 Å². The molecular formula is C13H17ClO6. The molecule has 0 radical (unpaired) electrons. The van der Waals surface area contributed by atoms with Crippen LogP contribution in [0.4, 0.5) is 0 Å². The molecule has 0 aliphatic carbocycles. The maximum Gasteiger partial charge on any atom is 0.184 e. The molecule has 0 spiro atoms. The summed E-state index contributed by atoms with van der Waals surface area (Å²) in [5, 5.41) is 38.8. The molecular weight excluding hydrogens is 288 g/mol. The van der Waals surface area contributed by atoms with Gasteiger partial charge in [-0.25, -0.2) is 0 Å². The van der Waals surface area contributed by atoms with Crippen molar-refractivity contribution in [1.29, 1.82) is 0 Å². The topological polar surface area (TPSA) is 99.4 Å². The summed E-state index contributed by atoms with van der Waals surface area (Å²) in [7, 11) is 0. The third-order valence-corrected chi connectivity index (χ3v) is 3.46. The Hall–Kier alpha value is -0.730. The minimum absolute atomic E-state index is 0.482. The van der Waals surface area contributed by atoms with Gasteiger partial charge in [0.15, 0.2) is 6.29 Å². The molecule has 1 saturated heterocycles. The van der Waals surface area contributed by atoms with Gasteiger partial charge in [0.05, 0.1) is 13.2 Å². The van der Waals surface area contributed by atoms with Gasteiger partial charge in [0.1, 0.15) is 24.4 Å². The van der Waals surface area contributed by atoms with Crippen molar-refractivity contribution < 1.29 is 29.9 Å². The van der Waals surface area contributed by atoms with E-state index in [0.29, 0.717) is 10.6 Å². The van der Waals surface area contributed by atoms with Gasteiger partial charge in [-0.3, -0.25) is 0 Å². The number of aliphatic hydroxyl groups is 4. The summed E-state index contributed by atoms with van der Waals surface area (Å²) in [6.07, 6.45) is -5.65. The van der Waals surface area contributed by atoms with E-state index in [0.717, 1.165) is 0 Å². The number of hydrogen-bond donors (Lipinski definition) is 4. The molecule has 0 aromatic heterocycles. The molecule has 6 nitrogen and oxygen atoms in total. The van der Waals surface area contributed by atoms with Crippen LogP contribution in [0.25, 0.3) is 0 Å². The molecule has 1 aromatic carbocycles. The lowest BCUT2D eigenvalue weighted by molar-refractivity contribution is -0.199. The Kier molecular flexibility index (Phi) is 5.34. The maximum atomic E-state index is 9.88. The van der Waals surface area contributed by atoms with Crippen molar-refractivity contribution >= 4 is 11.6 Å². The van der Waals surface area contributed by atoms with E-state index in [1.165, 1.54) is 0 Å². The predicted octanol–water partition coefficient (Wildman–Crippen LogP) is -0.171. The summed E-state index contributed by atoms with van der Waals surface area (Å²) in [4.78, 5) is 0. The third kappa shape index (κ3) is 3.29. The second kappa shape index (κ2) is 6.82. The van der Waals surface area contributed by atoms with Crippen molar-refractivity contribution in [3.8, 4) is 0 Å². The first kappa shape index (κ1) is 15.7. The van der Waals surface area contributed by atoms with Crippen molar-refractivity contribution in [3.05, 3.63) is 34.9 Å². The van der Waals surface area contributed by atoms with Crippen LogP contribution in [0.1, 0.15) is 11.9 Å². The molecule has 1 aliphatic rings. The summed E-state index contributed by atoms with van der Waals surface area (Å²) < 4.78 is 10.9. The number of ether oxygens (including phenoxy) is 2. The molecule has 1 aliphatic heterocycles. The summed E-state index contributed by atoms with van der Waals surface area (Å²) in [5.74, 6) is 0. The number of aliphatic hydroxyl groups excluding tert-OH is 4. The van der Waals surface area contributed by atoms with E-state index in [2.05, 4.69) is 0 Å². The van der Waals surface area contributed by atoms with E-state index in [1.807, 2.05) is 0 Å². The summed E-state index contributed by atoms with van der Waals surface area (Å²) in [5.41, 5.74) is 0.604. The van der Waals surface area contributed by atoms with Gasteiger partial charge < -0.3 is 29.9 Å². The maximum absolute atomic E-state index is 9.88. The molecule has 2 rings (SSSR count). The number of rotatable bonds is 3. The lowest BCUT2D eigenvalue weighted by Gasteiger charge is -2.23. The van der Waals surface area contributed by atoms with Gasteiger partial charge in [-0.1, -0.05) is 23.7 Å². The molecule has 112 valence electrons. The normalized spacial score (nSPS) is 34.8. The third-order valence-electron chi connectivity index (χ3n) is 3.21. The number of halogens is 1. The SMILES string of the molecule is OC[C@@H]1OC(c2ccc(Cl)cc2)O[C@H](CO)[C@@H](O)[C@@H]1O. The Morgan fingerprint density at radius 2 is 1.35 bits per heavy atom. The zero-order valence-electron chi connectivity index (χ0n) is 10.6. The van der Waals surface area contributed by atoms with Crippen molar-refractivity contribution in [2.45, 2.75) is 30.7 Å². The highest BCUT2D eigenvalue weighted by Gasteiger charge is 2.40. The highest BCUT2D eigenvalue weighted by Crippen LogP contribution is 2.29. The van der Waals surface area contributed by atoms with Crippen molar-refractivity contribution in [2.75, 3.05) is 13.2 Å². The quantitative estimate of drug-likeness (QED) is 0.619. The molecule has 1 heterocycles. The van der Waals surface area contributed by atoms with Crippen LogP contribution in [0.5, 0.6) is 0 Å².